The third-order valence-electron chi connectivity index (χ3n) is 8.09. The van der Waals surface area contributed by atoms with E-state index in [9.17, 15) is 9.59 Å². The van der Waals surface area contributed by atoms with Crippen molar-refractivity contribution in [3.8, 4) is 11.5 Å². The quantitative estimate of drug-likeness (QED) is 0.405. The molecule has 0 bridgehead atoms. The highest BCUT2D eigenvalue weighted by atomic mass is 35.5. The Morgan fingerprint density at radius 2 is 1.87 bits per heavy atom. The molecule has 2 aliphatic heterocycles. The number of halogens is 1. The number of aryl methyl sites for hydroxylation is 1. The van der Waals surface area contributed by atoms with Crippen LogP contribution < -0.4 is 25.7 Å². The third-order valence-corrected chi connectivity index (χ3v) is 9.17. The summed E-state index contributed by atoms with van der Waals surface area (Å²) in [5.41, 5.74) is 2.19. The molecule has 3 aliphatic rings. The fourth-order valence-corrected chi connectivity index (χ4v) is 6.57. The maximum atomic E-state index is 13.2. The maximum absolute atomic E-state index is 13.2. The number of carbonyl (C=O) groups is 1. The predicted octanol–water partition coefficient (Wildman–Crippen LogP) is 4.58. The molecule has 1 aliphatic carbocycles. The molecule has 0 spiro atoms. The number of pyridine rings is 1. The number of thioether (sulfide) groups is 1. The highest BCUT2D eigenvalue weighted by Gasteiger charge is 2.47. The maximum Gasteiger partial charge on any atom is 0.254 e. The van der Waals surface area contributed by atoms with Crippen molar-refractivity contribution >= 4 is 29.3 Å². The van der Waals surface area contributed by atoms with Crippen LogP contribution >= 0.6 is 23.4 Å². The fourth-order valence-electron chi connectivity index (χ4n) is 5.63. The fraction of sp³-hybridized carbons (Fsp3) is 0.571. The monoisotopic (exact) mass is 561 g/mol. The minimum absolute atomic E-state index is 0.111. The molecule has 1 aromatic heterocycles. The first-order chi connectivity index (χ1) is 18.2. The number of aromatic nitrogens is 1. The van der Waals surface area contributed by atoms with Gasteiger partial charge < -0.3 is 29.8 Å². The van der Waals surface area contributed by atoms with E-state index < -0.39 is 5.79 Å². The van der Waals surface area contributed by atoms with Gasteiger partial charge in [-0.2, -0.15) is 0 Å². The molecule has 10 heteroatoms. The van der Waals surface area contributed by atoms with Gasteiger partial charge in [-0.05, 0) is 70.4 Å². The number of nitrogens with one attached hydrogen (secondary N) is 3. The van der Waals surface area contributed by atoms with Gasteiger partial charge in [-0.15, -0.1) is 11.8 Å². The van der Waals surface area contributed by atoms with Crippen molar-refractivity contribution in [1.29, 1.82) is 0 Å². The molecule has 3 heterocycles. The van der Waals surface area contributed by atoms with Gasteiger partial charge in [0.05, 0.1) is 24.3 Å². The van der Waals surface area contributed by atoms with Crippen molar-refractivity contribution in [2.75, 3.05) is 26.0 Å². The van der Waals surface area contributed by atoms with Gasteiger partial charge in [0.2, 0.25) is 0 Å². The number of hydrogen-bond donors (Lipinski definition) is 3. The highest BCUT2D eigenvalue weighted by Crippen LogP contribution is 2.51. The normalized spacial score (nSPS) is 24.8. The molecule has 1 aromatic carbocycles. The Kier molecular flexibility index (Phi) is 8.01. The molecule has 1 saturated carbocycles. The second-order valence-electron chi connectivity index (χ2n) is 10.8. The van der Waals surface area contributed by atoms with Crippen LogP contribution in [-0.2, 0) is 11.3 Å². The summed E-state index contributed by atoms with van der Waals surface area (Å²) in [6.07, 6.45) is 6.14. The summed E-state index contributed by atoms with van der Waals surface area (Å²) < 4.78 is 18.1. The second kappa shape index (κ2) is 11.1. The number of hydrogen-bond acceptors (Lipinski definition) is 7. The molecule has 38 heavy (non-hydrogen) atoms. The summed E-state index contributed by atoms with van der Waals surface area (Å²) in [6, 6.07) is 4.04. The lowest BCUT2D eigenvalue weighted by atomic mass is 9.78. The predicted molar refractivity (Wildman–Crippen MR) is 149 cm³/mol. The van der Waals surface area contributed by atoms with Gasteiger partial charge in [-0.1, -0.05) is 11.6 Å². The van der Waals surface area contributed by atoms with Crippen LogP contribution in [0.25, 0.3) is 0 Å². The van der Waals surface area contributed by atoms with Crippen molar-refractivity contribution in [3.05, 3.63) is 49.9 Å². The van der Waals surface area contributed by atoms with Gasteiger partial charge in [0.15, 0.2) is 11.5 Å². The zero-order valence-electron chi connectivity index (χ0n) is 22.4. The Hall–Kier alpha value is -2.20. The number of fused-ring (bicyclic) bond motifs is 1. The van der Waals surface area contributed by atoms with Gasteiger partial charge in [0.1, 0.15) is 0 Å². The number of benzene rings is 1. The smallest absolute Gasteiger partial charge is 0.254 e. The van der Waals surface area contributed by atoms with Crippen molar-refractivity contribution in [1.82, 2.24) is 15.6 Å². The first-order valence-electron chi connectivity index (χ1n) is 13.3. The van der Waals surface area contributed by atoms with Gasteiger partial charge in [-0.25, -0.2) is 0 Å². The number of aromatic amines is 1. The van der Waals surface area contributed by atoms with E-state index in [0.717, 1.165) is 56.0 Å². The Balaban J connectivity index is 1.25. The molecular weight excluding hydrogens is 526 g/mol. The first-order valence-corrected chi connectivity index (χ1v) is 14.9. The highest BCUT2D eigenvalue weighted by molar-refractivity contribution is 7.98. The molecule has 1 atom stereocenters. The third kappa shape index (κ3) is 5.43. The standard InChI is InChI=1S/C28H36ClN3O5S/c1-15-9-23(38-4)21(27(34)32-15)12-31-26(33)20-10-22(29)25-24(16(20)2)36-28(3,37-25)18-7-5-17(6-8-18)11-30-19-13-35-14-19/h9-10,17-19,30H,5-8,11-14H2,1-4H3,(H,31,33)(H,32,34)/t17-,18+,28-/m1/s1. The molecule has 3 N–H and O–H groups in total. The molecule has 5 rings (SSSR count). The molecule has 1 amide bonds. The largest absolute Gasteiger partial charge is 0.448 e. The van der Waals surface area contributed by atoms with Gasteiger partial charge in [-0.3, -0.25) is 9.59 Å². The van der Waals surface area contributed by atoms with E-state index in [1.165, 1.54) is 11.8 Å². The van der Waals surface area contributed by atoms with E-state index in [2.05, 4.69) is 15.6 Å². The Bertz CT molecular complexity index is 1270. The van der Waals surface area contributed by atoms with Crippen molar-refractivity contribution in [3.63, 3.8) is 0 Å². The van der Waals surface area contributed by atoms with Crippen molar-refractivity contribution in [2.24, 2.45) is 11.8 Å². The molecular formula is C28H36ClN3O5S. The number of amides is 1. The van der Waals surface area contributed by atoms with E-state index in [1.807, 2.05) is 33.1 Å². The summed E-state index contributed by atoms with van der Waals surface area (Å²) in [6.45, 7) is 8.43. The Labute approximate surface area is 232 Å². The minimum atomic E-state index is -0.825. The molecule has 206 valence electrons. The zero-order valence-corrected chi connectivity index (χ0v) is 23.9. The van der Waals surface area contributed by atoms with Gasteiger partial charge in [0.25, 0.3) is 17.3 Å². The van der Waals surface area contributed by atoms with E-state index in [1.54, 1.807) is 6.07 Å². The first kappa shape index (κ1) is 27.4. The molecule has 8 nitrogen and oxygen atoms in total. The zero-order chi connectivity index (χ0) is 27.0. The average Bonchev–Trinajstić information content (AvgIpc) is 3.24. The Morgan fingerprint density at radius 3 is 2.53 bits per heavy atom. The lowest BCUT2D eigenvalue weighted by Gasteiger charge is -2.38. The van der Waals surface area contributed by atoms with Crippen LogP contribution in [0.2, 0.25) is 5.02 Å². The molecule has 1 saturated heterocycles. The number of rotatable bonds is 8. The SMILES string of the molecule is CSc1cc(C)[nH]c(=O)c1CNC(=O)c1cc(Cl)c2c(c1C)O[C@@](C)([C@H]1CC[C@@H](CNC3COC3)CC1)O2. The number of H-pyrrole nitrogens is 1. The van der Waals surface area contributed by atoms with Crippen LogP contribution in [-0.4, -0.2) is 48.7 Å². The van der Waals surface area contributed by atoms with Crippen LogP contribution in [0.1, 0.15) is 59.8 Å². The number of carbonyl (C=O) groups excluding carboxylic acids is 1. The van der Waals surface area contributed by atoms with Crippen LogP contribution in [0.5, 0.6) is 11.5 Å². The van der Waals surface area contributed by atoms with Gasteiger partial charge >= 0.3 is 0 Å². The summed E-state index contributed by atoms with van der Waals surface area (Å²) in [5, 5.41) is 6.83. The summed E-state index contributed by atoms with van der Waals surface area (Å²) in [5.74, 6) is 0.750. The topological polar surface area (TPSA) is 102 Å². The molecule has 0 unspecified atom stereocenters. The molecule has 2 aromatic rings. The van der Waals surface area contributed by atoms with E-state index in [4.69, 9.17) is 25.8 Å². The van der Waals surface area contributed by atoms with Crippen molar-refractivity contribution < 1.29 is 19.0 Å². The van der Waals surface area contributed by atoms with E-state index >= 15 is 0 Å². The number of ether oxygens (including phenoxy) is 3. The molecule has 2 fully saturated rings. The van der Waals surface area contributed by atoms with E-state index in [-0.39, 0.29) is 23.9 Å². The second-order valence-corrected chi connectivity index (χ2v) is 12.0. The van der Waals surface area contributed by atoms with Crippen LogP contribution in [0.3, 0.4) is 0 Å². The van der Waals surface area contributed by atoms with Crippen molar-refractivity contribution in [2.45, 2.75) is 69.7 Å². The van der Waals surface area contributed by atoms with E-state index in [0.29, 0.717) is 45.2 Å². The Morgan fingerprint density at radius 1 is 1.16 bits per heavy atom. The van der Waals surface area contributed by atoms with Crippen LogP contribution in [0.4, 0.5) is 0 Å². The summed E-state index contributed by atoms with van der Waals surface area (Å²) in [4.78, 5) is 29.3. The average molecular weight is 562 g/mol. The lowest BCUT2D eigenvalue weighted by Crippen LogP contribution is -2.49. The summed E-state index contributed by atoms with van der Waals surface area (Å²) >= 11 is 8.09. The van der Waals surface area contributed by atoms with Crippen LogP contribution in [0, 0.1) is 25.7 Å². The lowest BCUT2D eigenvalue weighted by molar-refractivity contribution is -0.123. The van der Waals surface area contributed by atoms with Gasteiger partial charge in [0, 0.05) is 46.7 Å². The minimum Gasteiger partial charge on any atom is -0.448 e. The van der Waals surface area contributed by atoms with Crippen LogP contribution in [0.15, 0.2) is 21.8 Å². The summed E-state index contributed by atoms with van der Waals surface area (Å²) in [7, 11) is 0. The molecule has 0 radical (unpaired) electrons.